The van der Waals surface area contributed by atoms with Gasteiger partial charge in [0.25, 0.3) is 5.91 Å². The van der Waals surface area contributed by atoms with Crippen molar-refractivity contribution >= 4 is 29.3 Å². The summed E-state index contributed by atoms with van der Waals surface area (Å²) in [5.74, 6) is -0.186. The van der Waals surface area contributed by atoms with Gasteiger partial charge in [0.1, 0.15) is 5.03 Å². The number of rotatable bonds is 4. The fraction of sp³-hybridized carbons (Fsp3) is 0.200. The smallest absolute Gasteiger partial charge is 0.254 e. The van der Waals surface area contributed by atoms with Crippen LogP contribution in [0.1, 0.15) is 10.4 Å². The monoisotopic (exact) mass is 242 g/mol. The summed E-state index contributed by atoms with van der Waals surface area (Å²) in [4.78, 5) is 15.8. The van der Waals surface area contributed by atoms with Crippen molar-refractivity contribution < 1.29 is 4.79 Å². The van der Waals surface area contributed by atoms with E-state index in [2.05, 4.69) is 16.9 Å². The van der Waals surface area contributed by atoms with Crippen LogP contribution in [-0.4, -0.2) is 23.7 Å². The van der Waals surface area contributed by atoms with E-state index >= 15 is 0 Å². The van der Waals surface area contributed by atoms with E-state index in [0.717, 1.165) is 0 Å². The highest BCUT2D eigenvalue weighted by Crippen LogP contribution is 2.16. The summed E-state index contributed by atoms with van der Waals surface area (Å²) >= 11 is 6.98. The molecule has 0 unspecified atom stereocenters. The molecule has 1 aromatic heterocycles. The van der Waals surface area contributed by atoms with Gasteiger partial charge in [0.15, 0.2) is 0 Å². The van der Waals surface area contributed by atoms with E-state index in [0.29, 0.717) is 15.6 Å². The Morgan fingerprint density at radius 3 is 3.07 bits per heavy atom. The van der Waals surface area contributed by atoms with Crippen molar-refractivity contribution in [2.45, 2.75) is 5.03 Å². The van der Waals surface area contributed by atoms with Crippen molar-refractivity contribution in [3.8, 4) is 0 Å². The second-order valence-electron chi connectivity index (χ2n) is 2.76. The minimum atomic E-state index is -0.186. The van der Waals surface area contributed by atoms with Crippen LogP contribution in [0.5, 0.6) is 0 Å². The topological polar surface area (TPSA) is 42.0 Å². The molecule has 0 spiro atoms. The Morgan fingerprint density at radius 1 is 1.73 bits per heavy atom. The molecule has 1 aromatic rings. The number of nitrogens with one attached hydrogen (secondary N) is 1. The molecular formula is C10H11ClN2OS. The van der Waals surface area contributed by atoms with E-state index in [1.165, 1.54) is 11.8 Å². The van der Waals surface area contributed by atoms with Gasteiger partial charge >= 0.3 is 0 Å². The van der Waals surface area contributed by atoms with Crippen molar-refractivity contribution in [1.82, 2.24) is 10.3 Å². The van der Waals surface area contributed by atoms with Gasteiger partial charge in [0.05, 0.1) is 12.1 Å². The van der Waals surface area contributed by atoms with Crippen LogP contribution < -0.4 is 5.32 Å². The molecule has 0 bridgehead atoms. The lowest BCUT2D eigenvalue weighted by atomic mass is 10.2. The minimum absolute atomic E-state index is 0.186. The van der Waals surface area contributed by atoms with Gasteiger partial charge in [-0.3, -0.25) is 4.79 Å². The van der Waals surface area contributed by atoms with Gasteiger partial charge in [-0.1, -0.05) is 18.2 Å². The van der Waals surface area contributed by atoms with Gasteiger partial charge < -0.3 is 5.32 Å². The Hall–Kier alpha value is -1.00. The fourth-order valence-electron chi connectivity index (χ4n) is 0.998. The second-order valence-corrected chi connectivity index (χ2v) is 4.09. The van der Waals surface area contributed by atoms with Crippen molar-refractivity contribution in [2.24, 2.45) is 0 Å². The molecule has 1 rings (SSSR count). The predicted octanol–water partition coefficient (Wildman–Crippen LogP) is 2.29. The van der Waals surface area contributed by atoms with Crippen LogP contribution in [0, 0.1) is 0 Å². The Bertz CT molecular complexity index is 381. The van der Waals surface area contributed by atoms with Crippen LogP contribution in [-0.2, 0) is 0 Å². The predicted molar refractivity (Wildman–Crippen MR) is 63.3 cm³/mol. The molecule has 1 N–H and O–H groups in total. The number of amides is 1. The van der Waals surface area contributed by atoms with Gasteiger partial charge in [0.2, 0.25) is 0 Å². The largest absolute Gasteiger partial charge is 0.347 e. The number of thioether (sulfide) groups is 1. The first-order chi connectivity index (χ1) is 7.15. The maximum Gasteiger partial charge on any atom is 0.254 e. The van der Waals surface area contributed by atoms with E-state index in [4.69, 9.17) is 11.6 Å². The lowest BCUT2D eigenvalue weighted by Gasteiger charge is -2.06. The van der Waals surface area contributed by atoms with Crippen molar-refractivity contribution in [3.63, 3.8) is 0 Å². The molecule has 1 heterocycles. The number of pyridine rings is 1. The number of carbonyl (C=O) groups excluding carboxylic acids is 1. The molecule has 80 valence electrons. The number of hydrogen-bond acceptors (Lipinski definition) is 3. The average Bonchev–Trinajstić information content (AvgIpc) is 2.25. The maximum absolute atomic E-state index is 11.7. The molecule has 0 aromatic carbocycles. The molecule has 3 nitrogen and oxygen atoms in total. The maximum atomic E-state index is 11.7. The molecule has 0 aliphatic carbocycles. The van der Waals surface area contributed by atoms with Crippen LogP contribution in [0.15, 0.2) is 35.0 Å². The zero-order valence-electron chi connectivity index (χ0n) is 8.29. The first-order valence-corrected chi connectivity index (χ1v) is 5.86. The molecular weight excluding hydrogens is 232 g/mol. The van der Waals surface area contributed by atoms with Gasteiger partial charge in [-0.2, -0.15) is 0 Å². The Kier molecular flexibility index (Phi) is 4.65. The van der Waals surface area contributed by atoms with Crippen LogP contribution in [0.25, 0.3) is 0 Å². The molecule has 0 fully saturated rings. The highest BCUT2D eigenvalue weighted by Gasteiger charge is 2.10. The molecule has 0 aliphatic rings. The van der Waals surface area contributed by atoms with Crippen molar-refractivity contribution in [1.29, 1.82) is 0 Å². The van der Waals surface area contributed by atoms with Crippen LogP contribution in [0.4, 0.5) is 0 Å². The Morgan fingerprint density at radius 2 is 2.47 bits per heavy atom. The minimum Gasteiger partial charge on any atom is -0.347 e. The standard InChI is InChI=1S/C10H11ClN2OS/c1-7(11)6-13-9(14)8-4-3-5-12-10(8)15-2/h3-5H,1,6H2,2H3,(H,13,14). The quantitative estimate of drug-likeness (QED) is 0.824. The van der Waals surface area contributed by atoms with Crippen molar-refractivity contribution in [3.05, 3.63) is 35.5 Å². The summed E-state index contributed by atoms with van der Waals surface area (Å²) in [7, 11) is 0. The molecule has 0 atom stereocenters. The van der Waals surface area contributed by atoms with Gasteiger partial charge in [-0.05, 0) is 18.4 Å². The first-order valence-electron chi connectivity index (χ1n) is 4.25. The summed E-state index contributed by atoms with van der Waals surface area (Å²) in [5.41, 5.74) is 0.558. The number of carbonyl (C=O) groups is 1. The average molecular weight is 243 g/mol. The van der Waals surface area contributed by atoms with Crippen molar-refractivity contribution in [2.75, 3.05) is 12.8 Å². The fourth-order valence-corrected chi connectivity index (χ4v) is 1.61. The summed E-state index contributed by atoms with van der Waals surface area (Å²) in [6.07, 6.45) is 3.53. The number of halogens is 1. The Balaban J connectivity index is 2.77. The summed E-state index contributed by atoms with van der Waals surface area (Å²) in [5, 5.41) is 3.75. The third-order valence-electron chi connectivity index (χ3n) is 1.65. The zero-order valence-corrected chi connectivity index (χ0v) is 9.86. The molecule has 5 heteroatoms. The second kappa shape index (κ2) is 5.78. The lowest BCUT2D eigenvalue weighted by Crippen LogP contribution is -2.25. The summed E-state index contributed by atoms with van der Waals surface area (Å²) < 4.78 is 0. The van der Waals surface area contributed by atoms with E-state index in [9.17, 15) is 4.79 Å². The molecule has 0 saturated heterocycles. The van der Waals surface area contributed by atoms with E-state index < -0.39 is 0 Å². The number of hydrogen-bond donors (Lipinski definition) is 1. The highest BCUT2D eigenvalue weighted by atomic mass is 35.5. The summed E-state index contributed by atoms with van der Waals surface area (Å²) in [6.45, 7) is 3.76. The normalized spacial score (nSPS) is 9.73. The van der Waals surface area contributed by atoms with Gasteiger partial charge in [-0.15, -0.1) is 11.8 Å². The first kappa shape index (κ1) is 12.1. The highest BCUT2D eigenvalue weighted by molar-refractivity contribution is 7.98. The molecule has 0 radical (unpaired) electrons. The zero-order chi connectivity index (χ0) is 11.3. The van der Waals surface area contributed by atoms with E-state index in [1.54, 1.807) is 18.3 Å². The Labute approximate surface area is 97.9 Å². The summed E-state index contributed by atoms with van der Waals surface area (Å²) in [6, 6.07) is 3.45. The third kappa shape index (κ3) is 3.57. The van der Waals surface area contributed by atoms with Crippen LogP contribution in [0.2, 0.25) is 0 Å². The van der Waals surface area contributed by atoms with Gasteiger partial charge in [0, 0.05) is 11.2 Å². The third-order valence-corrected chi connectivity index (χ3v) is 2.50. The van der Waals surface area contributed by atoms with Gasteiger partial charge in [-0.25, -0.2) is 4.98 Å². The SMILES string of the molecule is C=C(Cl)CNC(=O)c1cccnc1SC. The molecule has 1 amide bonds. The number of nitrogens with zero attached hydrogens (tertiary/aromatic N) is 1. The van der Waals surface area contributed by atoms with Crippen LogP contribution >= 0.6 is 23.4 Å². The van der Waals surface area contributed by atoms with E-state index in [-0.39, 0.29) is 12.5 Å². The number of aromatic nitrogens is 1. The molecule has 0 saturated carbocycles. The van der Waals surface area contributed by atoms with Crippen LogP contribution in [0.3, 0.4) is 0 Å². The van der Waals surface area contributed by atoms with E-state index in [1.807, 2.05) is 6.26 Å². The molecule has 15 heavy (non-hydrogen) atoms. The molecule has 0 aliphatic heterocycles. The lowest BCUT2D eigenvalue weighted by molar-refractivity contribution is 0.0954.